The van der Waals surface area contributed by atoms with Gasteiger partial charge in [-0.1, -0.05) is 11.6 Å². The van der Waals surface area contributed by atoms with Crippen LogP contribution in [-0.4, -0.2) is 69.8 Å². The lowest BCUT2D eigenvalue weighted by Gasteiger charge is -2.20. The third kappa shape index (κ3) is 3.46. The van der Waals surface area contributed by atoms with E-state index in [0.29, 0.717) is 34.9 Å². The number of halogens is 2. The molecular formula is C20H23ClFN7O2. The number of likely N-dealkylation sites (N-methyl/N-ethyl adjacent to an activating group) is 1. The molecule has 0 aliphatic carbocycles. The zero-order chi connectivity index (χ0) is 22.3. The fourth-order valence-electron chi connectivity index (χ4n) is 3.79. The Bertz CT molecular complexity index is 1220. The molecule has 0 bridgehead atoms. The Balaban J connectivity index is 2.00. The Labute approximate surface area is 183 Å². The fourth-order valence-corrected chi connectivity index (χ4v) is 4.01. The number of hydrogen-bond donors (Lipinski definition) is 2. The monoisotopic (exact) mass is 447 g/mol. The van der Waals surface area contributed by atoms with Crippen LogP contribution in [0.3, 0.4) is 0 Å². The van der Waals surface area contributed by atoms with Gasteiger partial charge in [-0.2, -0.15) is 5.10 Å². The first kappa shape index (κ1) is 21.3. The summed E-state index contributed by atoms with van der Waals surface area (Å²) in [6, 6.07) is 1.60. The fraction of sp³-hybridized carbons (Fsp3) is 0.350. The third-order valence-electron chi connectivity index (χ3n) is 5.32. The predicted molar refractivity (Wildman–Crippen MR) is 116 cm³/mol. The number of H-pyrrole nitrogens is 2. The normalized spacial score (nSPS) is 12.8. The van der Waals surface area contributed by atoms with Gasteiger partial charge in [0.1, 0.15) is 16.6 Å². The van der Waals surface area contributed by atoms with Crippen molar-refractivity contribution in [3.05, 3.63) is 35.1 Å². The number of nitrogens with zero attached hydrogens (tertiary/aromatic N) is 5. The van der Waals surface area contributed by atoms with Gasteiger partial charge in [0.2, 0.25) is 0 Å². The topological polar surface area (TPSA) is 96.9 Å². The van der Waals surface area contributed by atoms with Crippen molar-refractivity contribution in [2.45, 2.75) is 6.04 Å². The lowest BCUT2D eigenvalue weighted by molar-refractivity contribution is 0.116. The number of aromatic nitrogens is 6. The lowest BCUT2D eigenvalue weighted by Crippen LogP contribution is -2.25. The summed E-state index contributed by atoms with van der Waals surface area (Å²) in [5.74, 6) is 0.808. The standard InChI is InChI=1S/C20H23ClFN7O2/c1-28(2)12(9-30-4)19-25-20(27-26-19)18-14(10-7-23-24-8-10)11-6-13(31-5)15(21)16(22)17(11)29(18)3/h6-8,12H,9H2,1-5H3,(H,23,24)(H,25,26,27). The molecule has 1 unspecified atom stereocenters. The minimum absolute atomic E-state index is 0.0769. The summed E-state index contributed by atoms with van der Waals surface area (Å²) in [5, 5.41) is 16.1. The van der Waals surface area contributed by atoms with Crippen molar-refractivity contribution in [1.82, 2.24) is 34.8 Å². The van der Waals surface area contributed by atoms with E-state index in [-0.39, 0.29) is 16.8 Å². The molecule has 11 heteroatoms. The molecule has 164 valence electrons. The molecule has 0 aliphatic rings. The smallest absolute Gasteiger partial charge is 0.178 e. The largest absolute Gasteiger partial charge is 0.495 e. The first-order valence-electron chi connectivity index (χ1n) is 9.50. The van der Waals surface area contributed by atoms with Gasteiger partial charge in [-0.25, -0.2) is 4.39 Å². The number of nitrogens with one attached hydrogen (secondary N) is 2. The Hall–Kier alpha value is -2.95. The van der Waals surface area contributed by atoms with Crippen LogP contribution in [0, 0.1) is 5.82 Å². The SMILES string of the molecule is COCC(c1nnc(-c2c(-c3cn[nH]c3)c3cc(OC)c(Cl)c(F)c3n2C)[nH]1)N(C)C. The molecule has 3 aromatic heterocycles. The lowest BCUT2D eigenvalue weighted by atomic mass is 10.0. The number of aromatic amines is 2. The Kier molecular flexibility index (Phi) is 5.69. The molecule has 1 atom stereocenters. The molecular weight excluding hydrogens is 425 g/mol. The molecule has 2 N–H and O–H groups in total. The Morgan fingerprint density at radius 1 is 1.29 bits per heavy atom. The van der Waals surface area contributed by atoms with E-state index in [1.807, 2.05) is 19.0 Å². The first-order valence-corrected chi connectivity index (χ1v) is 9.88. The van der Waals surface area contributed by atoms with Crippen LogP contribution in [0.1, 0.15) is 11.9 Å². The van der Waals surface area contributed by atoms with Gasteiger partial charge in [-0.3, -0.25) is 10.00 Å². The molecule has 0 aliphatic heterocycles. The van der Waals surface area contributed by atoms with E-state index in [0.717, 1.165) is 11.1 Å². The molecule has 3 heterocycles. The molecule has 0 saturated carbocycles. The van der Waals surface area contributed by atoms with Crippen LogP contribution in [0.5, 0.6) is 5.75 Å². The Morgan fingerprint density at radius 3 is 2.68 bits per heavy atom. The van der Waals surface area contributed by atoms with Crippen LogP contribution < -0.4 is 4.74 Å². The number of hydrogen-bond acceptors (Lipinski definition) is 6. The molecule has 4 aromatic rings. The maximum Gasteiger partial charge on any atom is 0.178 e. The summed E-state index contributed by atoms with van der Waals surface area (Å²) in [4.78, 5) is 5.26. The van der Waals surface area contributed by atoms with Gasteiger partial charge in [0.25, 0.3) is 0 Å². The van der Waals surface area contributed by atoms with Crippen molar-refractivity contribution in [1.29, 1.82) is 0 Å². The average Bonchev–Trinajstić information content (AvgIpc) is 3.47. The molecule has 0 spiro atoms. The number of rotatable bonds is 7. The number of benzene rings is 1. The van der Waals surface area contributed by atoms with Gasteiger partial charge in [0.05, 0.1) is 37.2 Å². The molecule has 0 amide bonds. The number of methoxy groups -OCH3 is 2. The highest BCUT2D eigenvalue weighted by molar-refractivity contribution is 6.33. The first-order chi connectivity index (χ1) is 14.9. The van der Waals surface area contributed by atoms with E-state index in [9.17, 15) is 0 Å². The van der Waals surface area contributed by atoms with Crippen LogP contribution in [-0.2, 0) is 11.8 Å². The highest BCUT2D eigenvalue weighted by Gasteiger charge is 2.27. The van der Waals surface area contributed by atoms with Crippen molar-refractivity contribution >= 4 is 22.5 Å². The second-order valence-electron chi connectivity index (χ2n) is 7.37. The summed E-state index contributed by atoms with van der Waals surface area (Å²) >= 11 is 6.21. The third-order valence-corrected chi connectivity index (χ3v) is 5.68. The van der Waals surface area contributed by atoms with Crippen LogP contribution >= 0.6 is 11.6 Å². The van der Waals surface area contributed by atoms with Gasteiger partial charge in [-0.15, -0.1) is 10.2 Å². The van der Waals surface area contributed by atoms with Gasteiger partial charge in [0, 0.05) is 36.9 Å². The van der Waals surface area contributed by atoms with Crippen molar-refractivity contribution in [3.8, 4) is 28.4 Å². The highest BCUT2D eigenvalue weighted by atomic mass is 35.5. The van der Waals surface area contributed by atoms with Crippen molar-refractivity contribution in [2.24, 2.45) is 7.05 Å². The summed E-state index contributed by atoms with van der Waals surface area (Å²) in [7, 11) is 8.71. The zero-order valence-corrected chi connectivity index (χ0v) is 18.6. The van der Waals surface area contributed by atoms with Crippen LogP contribution in [0.2, 0.25) is 5.02 Å². The van der Waals surface area contributed by atoms with Gasteiger partial charge in [-0.05, 0) is 20.2 Å². The van der Waals surface area contributed by atoms with E-state index in [2.05, 4.69) is 25.4 Å². The minimum atomic E-state index is -0.570. The quantitative estimate of drug-likeness (QED) is 0.450. The summed E-state index contributed by atoms with van der Waals surface area (Å²) in [5.41, 5.74) is 2.48. The molecule has 4 rings (SSSR count). The molecule has 1 aromatic carbocycles. The van der Waals surface area contributed by atoms with Crippen LogP contribution in [0.25, 0.3) is 33.5 Å². The number of ether oxygens (including phenoxy) is 2. The summed E-state index contributed by atoms with van der Waals surface area (Å²) < 4.78 is 27.6. The van der Waals surface area contributed by atoms with Crippen LogP contribution in [0.4, 0.5) is 4.39 Å². The van der Waals surface area contributed by atoms with Gasteiger partial charge in [0.15, 0.2) is 11.6 Å². The highest BCUT2D eigenvalue weighted by Crippen LogP contribution is 2.44. The number of aryl methyl sites for hydroxylation is 1. The van der Waals surface area contributed by atoms with Crippen molar-refractivity contribution < 1.29 is 13.9 Å². The summed E-state index contributed by atoms with van der Waals surface area (Å²) in [6.07, 6.45) is 3.41. The maximum absolute atomic E-state index is 15.3. The average molecular weight is 448 g/mol. The minimum Gasteiger partial charge on any atom is -0.495 e. The molecule has 0 saturated heterocycles. The second kappa shape index (κ2) is 8.29. The maximum atomic E-state index is 15.3. The van der Waals surface area contributed by atoms with E-state index < -0.39 is 5.82 Å². The summed E-state index contributed by atoms with van der Waals surface area (Å²) in [6.45, 7) is 0.437. The molecule has 31 heavy (non-hydrogen) atoms. The van der Waals surface area contributed by atoms with E-state index >= 15 is 4.39 Å². The number of fused-ring (bicyclic) bond motifs is 1. The van der Waals surface area contributed by atoms with Crippen LogP contribution in [0.15, 0.2) is 18.5 Å². The van der Waals surface area contributed by atoms with E-state index in [1.54, 1.807) is 37.2 Å². The predicted octanol–water partition coefficient (Wildman–Crippen LogP) is 3.40. The molecule has 9 nitrogen and oxygen atoms in total. The van der Waals surface area contributed by atoms with Crippen molar-refractivity contribution in [2.75, 3.05) is 34.9 Å². The van der Waals surface area contributed by atoms with Gasteiger partial charge >= 0.3 is 0 Å². The van der Waals surface area contributed by atoms with Crippen molar-refractivity contribution in [3.63, 3.8) is 0 Å². The zero-order valence-electron chi connectivity index (χ0n) is 17.8. The second-order valence-corrected chi connectivity index (χ2v) is 7.74. The Morgan fingerprint density at radius 2 is 2.06 bits per heavy atom. The molecule has 0 fully saturated rings. The van der Waals surface area contributed by atoms with E-state index in [4.69, 9.17) is 21.1 Å². The van der Waals surface area contributed by atoms with Gasteiger partial charge < -0.3 is 19.0 Å². The molecule has 0 radical (unpaired) electrons. The van der Waals surface area contributed by atoms with E-state index in [1.165, 1.54) is 7.11 Å².